The van der Waals surface area contributed by atoms with Crippen molar-refractivity contribution in [1.29, 1.82) is 0 Å². The Balaban J connectivity index is 1.42. The van der Waals surface area contributed by atoms with Gasteiger partial charge in [-0.1, -0.05) is 12.0 Å². The third kappa shape index (κ3) is 6.55. The van der Waals surface area contributed by atoms with Gasteiger partial charge in [0.25, 0.3) is 6.43 Å². The number of aromatic nitrogens is 3. The summed E-state index contributed by atoms with van der Waals surface area (Å²) in [4.78, 5) is 29.2. The molecule has 3 saturated heterocycles. The van der Waals surface area contributed by atoms with Gasteiger partial charge in [0.15, 0.2) is 11.6 Å². The van der Waals surface area contributed by atoms with Gasteiger partial charge in [-0.15, -0.1) is 6.42 Å². The van der Waals surface area contributed by atoms with E-state index in [4.69, 9.17) is 20.9 Å². The van der Waals surface area contributed by atoms with Crippen molar-refractivity contribution in [3.8, 4) is 29.6 Å². The average Bonchev–Trinajstić information content (AvgIpc) is 3.50. The molecule has 52 heavy (non-hydrogen) atoms. The van der Waals surface area contributed by atoms with Gasteiger partial charge >= 0.3 is 12.1 Å². The lowest BCUT2D eigenvalue weighted by Crippen LogP contribution is -2.49. The largest absolute Gasteiger partial charge is 0.461 e. The number of carbonyl (C=O) groups is 1. The predicted molar refractivity (Wildman–Crippen MR) is 186 cm³/mol. The molecule has 2 atom stereocenters. The van der Waals surface area contributed by atoms with E-state index in [9.17, 15) is 22.4 Å². The standard InChI is InChI=1S/C38H39F5N6O3/c1-5-25-28(40)11-10-22-16-23(33(42)43)17-26(29(22)25)31-30(41)32-27(19-44-31)34(48-14-7-6-8-15-49(48)36(50)52-37(2,3)4)46-35(45-32)51-21-38-12-9-13-47(38)20-24(39)18-38/h1,10-11,16-17,19,24,33H,6-9,12-15,18,20-21H2,2-4H3/t24-,38+/m1/s1. The molecule has 0 N–H and O–H groups in total. The van der Waals surface area contributed by atoms with Crippen molar-refractivity contribution in [1.82, 2.24) is 24.9 Å². The molecule has 3 fully saturated rings. The van der Waals surface area contributed by atoms with Gasteiger partial charge in [0, 0.05) is 48.8 Å². The molecule has 3 aliphatic heterocycles. The lowest BCUT2D eigenvalue weighted by molar-refractivity contribution is 0.0232. The van der Waals surface area contributed by atoms with Crippen molar-refractivity contribution in [3.05, 3.63) is 53.2 Å². The van der Waals surface area contributed by atoms with Crippen LogP contribution in [0.4, 0.5) is 32.6 Å². The highest BCUT2D eigenvalue weighted by Crippen LogP contribution is 2.42. The molecule has 4 aromatic rings. The maximum absolute atomic E-state index is 17.1. The van der Waals surface area contributed by atoms with E-state index >= 15 is 4.39 Å². The number of nitrogens with zero attached hydrogens (tertiary/aromatic N) is 6. The van der Waals surface area contributed by atoms with Crippen molar-refractivity contribution < 1.29 is 36.2 Å². The van der Waals surface area contributed by atoms with E-state index in [1.165, 1.54) is 23.3 Å². The number of pyridine rings is 1. The maximum Gasteiger partial charge on any atom is 0.429 e. The summed E-state index contributed by atoms with van der Waals surface area (Å²) in [7, 11) is 0. The number of hydrogen-bond donors (Lipinski definition) is 0. The number of rotatable bonds is 6. The highest BCUT2D eigenvalue weighted by molar-refractivity contribution is 6.02. The van der Waals surface area contributed by atoms with Crippen molar-refractivity contribution in [3.63, 3.8) is 0 Å². The van der Waals surface area contributed by atoms with Crippen LogP contribution in [0.15, 0.2) is 30.5 Å². The van der Waals surface area contributed by atoms with E-state index in [0.717, 1.165) is 31.5 Å². The van der Waals surface area contributed by atoms with Crippen molar-refractivity contribution >= 4 is 33.6 Å². The van der Waals surface area contributed by atoms with Gasteiger partial charge < -0.3 is 9.47 Å². The van der Waals surface area contributed by atoms with E-state index in [2.05, 4.69) is 20.8 Å². The number of hydrazine groups is 1. The van der Waals surface area contributed by atoms with E-state index in [1.807, 2.05) is 0 Å². The van der Waals surface area contributed by atoms with Crippen LogP contribution in [0.5, 0.6) is 6.01 Å². The summed E-state index contributed by atoms with van der Waals surface area (Å²) >= 11 is 0. The molecule has 2 aromatic heterocycles. The minimum atomic E-state index is -2.93. The molecular formula is C38H39F5N6O3. The molecule has 274 valence electrons. The molecule has 2 aromatic carbocycles. The molecule has 0 bridgehead atoms. The Morgan fingerprint density at radius 2 is 1.88 bits per heavy atom. The Kier molecular flexibility index (Phi) is 9.35. The van der Waals surface area contributed by atoms with Crippen LogP contribution in [-0.4, -0.2) is 81.1 Å². The number of ether oxygens (including phenoxy) is 2. The number of hydrogen-bond acceptors (Lipinski definition) is 8. The van der Waals surface area contributed by atoms with E-state index in [1.54, 1.807) is 25.8 Å². The fourth-order valence-electron chi connectivity index (χ4n) is 7.70. The Morgan fingerprint density at radius 3 is 2.63 bits per heavy atom. The number of anilines is 1. The molecule has 0 radical (unpaired) electrons. The van der Waals surface area contributed by atoms with Crippen molar-refractivity contribution in [2.45, 2.75) is 83.0 Å². The number of benzene rings is 2. The van der Waals surface area contributed by atoms with E-state index in [0.29, 0.717) is 32.4 Å². The molecule has 9 nitrogen and oxygen atoms in total. The normalized spacial score (nSPS) is 21.1. The Labute approximate surface area is 298 Å². The van der Waals surface area contributed by atoms with E-state index in [-0.39, 0.29) is 64.2 Å². The van der Waals surface area contributed by atoms with Gasteiger partial charge in [0.2, 0.25) is 0 Å². The Hall–Kier alpha value is -4.77. The second-order valence-corrected chi connectivity index (χ2v) is 14.7. The minimum absolute atomic E-state index is 0.0365. The third-order valence-corrected chi connectivity index (χ3v) is 10.00. The Morgan fingerprint density at radius 1 is 1.10 bits per heavy atom. The molecule has 3 aliphatic rings. The molecule has 0 spiro atoms. The third-order valence-electron chi connectivity index (χ3n) is 10.00. The fourth-order valence-corrected chi connectivity index (χ4v) is 7.70. The van der Waals surface area contributed by atoms with Crippen LogP contribution < -0.4 is 9.75 Å². The first-order valence-corrected chi connectivity index (χ1v) is 17.5. The van der Waals surface area contributed by atoms with Crippen LogP contribution in [0.3, 0.4) is 0 Å². The zero-order chi connectivity index (χ0) is 36.9. The molecular weight excluding hydrogens is 683 g/mol. The maximum atomic E-state index is 17.1. The summed E-state index contributed by atoms with van der Waals surface area (Å²) in [6.45, 7) is 6.90. The second-order valence-electron chi connectivity index (χ2n) is 14.7. The monoisotopic (exact) mass is 722 g/mol. The van der Waals surface area contributed by atoms with Crippen LogP contribution in [0.25, 0.3) is 32.9 Å². The molecule has 1 amide bonds. The highest BCUT2D eigenvalue weighted by atomic mass is 19.3. The van der Waals surface area contributed by atoms with Gasteiger partial charge in [-0.05, 0) is 83.0 Å². The summed E-state index contributed by atoms with van der Waals surface area (Å²) in [5, 5.41) is 3.34. The zero-order valence-corrected chi connectivity index (χ0v) is 29.2. The van der Waals surface area contributed by atoms with Crippen molar-refractivity contribution in [2.75, 3.05) is 37.8 Å². The SMILES string of the molecule is C#Cc1c(F)ccc2cc(C(F)F)cc(-c3ncc4c(N5CCCCCN5C(=O)OC(C)(C)C)nc(OC[C@@]56CCCN5C[C@H](F)C6)nc4c3F)c12. The lowest BCUT2D eigenvalue weighted by atomic mass is 9.94. The van der Waals surface area contributed by atoms with Crippen molar-refractivity contribution in [2.24, 2.45) is 0 Å². The molecule has 5 heterocycles. The minimum Gasteiger partial charge on any atom is -0.461 e. The highest BCUT2D eigenvalue weighted by Gasteiger charge is 2.49. The number of terminal acetylenes is 1. The number of fused-ring (bicyclic) bond motifs is 3. The molecule has 14 heteroatoms. The van der Waals surface area contributed by atoms with E-state index < -0.39 is 52.7 Å². The van der Waals surface area contributed by atoms with Gasteiger partial charge in [0.05, 0.1) is 16.5 Å². The Bertz CT molecular complexity index is 2090. The van der Waals surface area contributed by atoms with Gasteiger partial charge in [-0.25, -0.2) is 31.8 Å². The lowest BCUT2D eigenvalue weighted by Gasteiger charge is -2.36. The second kappa shape index (κ2) is 13.7. The van der Waals surface area contributed by atoms with Crippen LogP contribution in [0, 0.1) is 24.0 Å². The molecule has 0 aliphatic carbocycles. The average molecular weight is 723 g/mol. The first-order valence-electron chi connectivity index (χ1n) is 17.5. The zero-order valence-electron chi connectivity index (χ0n) is 29.2. The number of amides is 1. The summed E-state index contributed by atoms with van der Waals surface area (Å²) in [6, 6.07) is 4.37. The van der Waals surface area contributed by atoms with Crippen LogP contribution in [-0.2, 0) is 4.74 Å². The molecule has 7 rings (SSSR count). The van der Waals surface area contributed by atoms with Crippen LogP contribution >= 0.6 is 0 Å². The molecule has 0 unspecified atom stereocenters. The summed E-state index contributed by atoms with van der Waals surface area (Å²) in [6.07, 6.45) is 6.36. The number of alkyl halides is 3. The quantitative estimate of drug-likeness (QED) is 0.146. The smallest absolute Gasteiger partial charge is 0.429 e. The predicted octanol–water partition coefficient (Wildman–Crippen LogP) is 8.14. The van der Waals surface area contributed by atoms with Crippen LogP contribution in [0.1, 0.15) is 76.8 Å². The van der Waals surface area contributed by atoms with Gasteiger partial charge in [-0.3, -0.25) is 14.9 Å². The fraction of sp³-hybridized carbons (Fsp3) is 0.474. The van der Waals surface area contributed by atoms with Crippen LogP contribution in [0.2, 0.25) is 0 Å². The molecule has 0 saturated carbocycles. The summed E-state index contributed by atoms with van der Waals surface area (Å²) in [5.41, 5.74) is -2.87. The first kappa shape index (κ1) is 35.6. The van der Waals surface area contributed by atoms with Gasteiger partial charge in [0.1, 0.15) is 35.4 Å². The number of carbonyl (C=O) groups excluding carboxylic acids is 1. The summed E-state index contributed by atoms with van der Waals surface area (Å²) < 4.78 is 87.0. The number of halogens is 5. The topological polar surface area (TPSA) is 83.9 Å². The first-order chi connectivity index (χ1) is 24.8. The van der Waals surface area contributed by atoms with Gasteiger partial charge in [-0.2, -0.15) is 9.97 Å². The summed E-state index contributed by atoms with van der Waals surface area (Å²) in [5.74, 6) is 0.583.